The Morgan fingerprint density at radius 2 is 1.92 bits per heavy atom. The maximum absolute atomic E-state index is 12.5. The number of aryl methyl sites for hydroxylation is 1. The number of carbonyl (C=O) groups excluding carboxylic acids is 2. The number of nitrogens with one attached hydrogen (secondary N) is 1. The number of nitrogens with zero attached hydrogens (tertiary/aromatic N) is 2. The standard InChI is InChI=1S/C27H25N3O4S2/c1-4-33-25(31)27(12-13-27)23-15-22-21(36-23)14-20(35-22)11-10-19-16-28-30(3)24(19)29-26(32)34-17(2)18-8-6-5-7-9-18/h5-9,14-17H,4,12-13H2,1-3H3,(H,29,32). The highest BCUT2D eigenvalue weighted by Crippen LogP contribution is 2.53. The first-order valence-corrected chi connectivity index (χ1v) is 13.3. The molecular formula is C27H25N3O4S2. The minimum atomic E-state index is -0.572. The van der Waals surface area contributed by atoms with Gasteiger partial charge in [-0.3, -0.25) is 14.8 Å². The smallest absolute Gasteiger partial charge is 0.413 e. The number of hydrogen-bond acceptors (Lipinski definition) is 7. The molecule has 1 amide bonds. The number of ether oxygens (including phenoxy) is 2. The van der Waals surface area contributed by atoms with Gasteiger partial charge >= 0.3 is 12.1 Å². The van der Waals surface area contributed by atoms with Gasteiger partial charge in [0.1, 0.15) is 17.3 Å². The van der Waals surface area contributed by atoms with Crippen molar-refractivity contribution in [2.45, 2.75) is 38.2 Å². The van der Waals surface area contributed by atoms with Gasteiger partial charge in [-0.2, -0.15) is 5.10 Å². The molecule has 1 saturated carbocycles. The Bertz CT molecular complexity index is 1450. The Balaban J connectivity index is 1.29. The molecule has 7 nitrogen and oxygen atoms in total. The van der Waals surface area contributed by atoms with Crippen LogP contribution in [0.15, 0.2) is 48.7 Å². The van der Waals surface area contributed by atoms with Crippen LogP contribution in [0.4, 0.5) is 10.6 Å². The van der Waals surface area contributed by atoms with Gasteiger partial charge in [0.2, 0.25) is 0 Å². The molecule has 3 heterocycles. The van der Waals surface area contributed by atoms with Gasteiger partial charge in [0.15, 0.2) is 0 Å². The van der Waals surface area contributed by atoms with E-state index in [-0.39, 0.29) is 5.97 Å². The zero-order valence-corrected chi connectivity index (χ0v) is 21.8. The van der Waals surface area contributed by atoms with Gasteiger partial charge in [-0.15, -0.1) is 22.7 Å². The van der Waals surface area contributed by atoms with E-state index >= 15 is 0 Å². The average molecular weight is 520 g/mol. The molecule has 1 aromatic carbocycles. The fourth-order valence-corrected chi connectivity index (χ4v) is 6.45. The minimum Gasteiger partial charge on any atom is -0.465 e. The van der Waals surface area contributed by atoms with Crippen LogP contribution in [0.25, 0.3) is 9.40 Å². The number of carbonyl (C=O) groups is 2. The number of esters is 1. The van der Waals surface area contributed by atoms with Crippen molar-refractivity contribution in [3.63, 3.8) is 0 Å². The third-order valence-electron chi connectivity index (χ3n) is 6.13. The SMILES string of the molecule is CCOC(=O)C1(c2cc3sc(C#Cc4cnn(C)c4NC(=O)OC(C)c4ccccc4)cc3s2)CC1. The van der Waals surface area contributed by atoms with E-state index in [1.54, 1.807) is 40.6 Å². The van der Waals surface area contributed by atoms with Gasteiger partial charge in [0, 0.05) is 21.3 Å². The zero-order valence-electron chi connectivity index (χ0n) is 20.2. The molecule has 36 heavy (non-hydrogen) atoms. The molecule has 1 unspecified atom stereocenters. The molecule has 4 aromatic rings. The van der Waals surface area contributed by atoms with Gasteiger partial charge in [0.25, 0.3) is 0 Å². The lowest BCUT2D eigenvalue weighted by atomic mass is 10.1. The summed E-state index contributed by atoms with van der Waals surface area (Å²) in [6.45, 7) is 4.06. The Labute approximate surface area is 217 Å². The van der Waals surface area contributed by atoms with Crippen LogP contribution in [0.3, 0.4) is 0 Å². The fourth-order valence-electron chi connectivity index (χ4n) is 3.96. The Morgan fingerprint density at radius 3 is 2.61 bits per heavy atom. The number of amides is 1. The summed E-state index contributed by atoms with van der Waals surface area (Å²) >= 11 is 3.22. The summed E-state index contributed by atoms with van der Waals surface area (Å²) in [7, 11) is 1.74. The molecule has 0 radical (unpaired) electrons. The van der Waals surface area contributed by atoms with E-state index in [9.17, 15) is 9.59 Å². The van der Waals surface area contributed by atoms with E-state index in [0.717, 1.165) is 37.6 Å². The molecule has 0 bridgehead atoms. The van der Waals surface area contributed by atoms with Crippen LogP contribution in [-0.4, -0.2) is 28.4 Å². The maximum atomic E-state index is 12.5. The number of rotatable bonds is 6. The van der Waals surface area contributed by atoms with Crippen LogP contribution >= 0.6 is 22.7 Å². The van der Waals surface area contributed by atoms with Crippen LogP contribution < -0.4 is 5.32 Å². The zero-order chi connectivity index (χ0) is 25.3. The summed E-state index contributed by atoms with van der Waals surface area (Å²) in [5, 5.41) is 7.00. The Hall–Kier alpha value is -3.61. The van der Waals surface area contributed by atoms with Crippen molar-refractivity contribution in [1.82, 2.24) is 9.78 Å². The minimum absolute atomic E-state index is 0.118. The first-order valence-electron chi connectivity index (χ1n) is 11.7. The van der Waals surface area contributed by atoms with E-state index < -0.39 is 17.6 Å². The lowest BCUT2D eigenvalue weighted by Crippen LogP contribution is -2.21. The van der Waals surface area contributed by atoms with Crippen molar-refractivity contribution in [3.8, 4) is 11.8 Å². The number of benzene rings is 1. The van der Waals surface area contributed by atoms with E-state index in [2.05, 4.69) is 28.3 Å². The molecule has 1 N–H and O–H groups in total. The van der Waals surface area contributed by atoms with Crippen molar-refractivity contribution in [2.75, 3.05) is 11.9 Å². The van der Waals surface area contributed by atoms with E-state index in [4.69, 9.17) is 9.47 Å². The third kappa shape index (κ3) is 4.74. The Morgan fingerprint density at radius 1 is 1.17 bits per heavy atom. The van der Waals surface area contributed by atoms with Crippen molar-refractivity contribution in [2.24, 2.45) is 7.05 Å². The van der Waals surface area contributed by atoms with E-state index in [0.29, 0.717) is 18.0 Å². The fraction of sp³-hybridized carbons (Fsp3) is 0.296. The van der Waals surface area contributed by atoms with Crippen LogP contribution in [0.1, 0.15) is 53.7 Å². The molecule has 9 heteroatoms. The molecular weight excluding hydrogens is 494 g/mol. The van der Waals surface area contributed by atoms with E-state index in [1.165, 1.54) is 0 Å². The average Bonchev–Trinajstić information content (AvgIpc) is 3.29. The first kappa shape index (κ1) is 24.1. The first-order chi connectivity index (χ1) is 17.4. The lowest BCUT2D eigenvalue weighted by Gasteiger charge is -2.14. The summed E-state index contributed by atoms with van der Waals surface area (Å²) < 4.78 is 14.6. The second kappa shape index (κ2) is 9.80. The number of anilines is 1. The second-order valence-corrected chi connectivity index (χ2v) is 10.8. The van der Waals surface area contributed by atoms with Crippen LogP contribution in [0.5, 0.6) is 0 Å². The number of aromatic nitrogens is 2. The predicted octanol–water partition coefficient (Wildman–Crippen LogP) is 6.00. The summed E-state index contributed by atoms with van der Waals surface area (Å²) in [5.41, 5.74) is 1.06. The molecule has 1 fully saturated rings. The monoisotopic (exact) mass is 519 g/mol. The Kier molecular flexibility index (Phi) is 6.56. The second-order valence-electron chi connectivity index (χ2n) is 8.62. The summed E-state index contributed by atoms with van der Waals surface area (Å²) in [5.74, 6) is 6.66. The number of thiophene rings is 2. The molecule has 0 aliphatic heterocycles. The molecule has 184 valence electrons. The van der Waals surface area contributed by atoms with Gasteiger partial charge < -0.3 is 9.47 Å². The molecule has 3 aromatic heterocycles. The molecule has 1 aliphatic carbocycles. The van der Waals surface area contributed by atoms with Crippen molar-refractivity contribution >= 4 is 50.0 Å². The van der Waals surface area contributed by atoms with Crippen LogP contribution in [-0.2, 0) is 26.7 Å². The highest BCUT2D eigenvalue weighted by molar-refractivity contribution is 7.28. The van der Waals surface area contributed by atoms with Gasteiger partial charge in [-0.05, 0) is 44.4 Å². The largest absolute Gasteiger partial charge is 0.465 e. The quantitative estimate of drug-likeness (QED) is 0.250. The molecule has 5 rings (SSSR count). The summed E-state index contributed by atoms with van der Waals surface area (Å²) in [6.07, 6.45) is 2.34. The maximum Gasteiger partial charge on any atom is 0.413 e. The molecule has 0 spiro atoms. The topological polar surface area (TPSA) is 82.5 Å². The van der Waals surface area contributed by atoms with Crippen LogP contribution in [0.2, 0.25) is 0 Å². The van der Waals surface area contributed by atoms with Gasteiger partial charge in [0.05, 0.1) is 23.2 Å². The van der Waals surface area contributed by atoms with Crippen LogP contribution in [0, 0.1) is 11.8 Å². The molecule has 0 saturated heterocycles. The van der Waals surface area contributed by atoms with Crippen molar-refractivity contribution in [3.05, 3.63) is 69.5 Å². The highest BCUT2D eigenvalue weighted by Gasteiger charge is 2.54. The van der Waals surface area contributed by atoms with Crippen molar-refractivity contribution in [1.29, 1.82) is 0 Å². The van der Waals surface area contributed by atoms with Gasteiger partial charge in [-0.25, -0.2) is 4.79 Å². The summed E-state index contributed by atoms with van der Waals surface area (Å²) in [6, 6.07) is 13.7. The molecule has 1 aliphatic rings. The highest BCUT2D eigenvalue weighted by atomic mass is 32.1. The number of hydrogen-bond donors (Lipinski definition) is 1. The van der Waals surface area contributed by atoms with E-state index in [1.807, 2.05) is 50.2 Å². The van der Waals surface area contributed by atoms with Crippen molar-refractivity contribution < 1.29 is 19.1 Å². The number of fused-ring (bicyclic) bond motifs is 1. The van der Waals surface area contributed by atoms with Gasteiger partial charge in [-0.1, -0.05) is 42.2 Å². The lowest BCUT2D eigenvalue weighted by molar-refractivity contribution is -0.146. The predicted molar refractivity (Wildman–Crippen MR) is 141 cm³/mol. The normalized spacial score (nSPS) is 14.5. The molecule has 1 atom stereocenters. The summed E-state index contributed by atoms with van der Waals surface area (Å²) in [4.78, 5) is 26.9. The third-order valence-corrected chi connectivity index (χ3v) is 8.54.